The van der Waals surface area contributed by atoms with Crippen molar-refractivity contribution in [3.05, 3.63) is 121 Å². The zero-order valence-corrected chi connectivity index (χ0v) is 17.3. The van der Waals surface area contributed by atoms with E-state index in [1.165, 1.54) is 0 Å². The van der Waals surface area contributed by atoms with Gasteiger partial charge in [-0.05, 0) is 53.9 Å². The quantitative estimate of drug-likeness (QED) is 0.296. The maximum absolute atomic E-state index is 8.05. The highest BCUT2D eigenvalue weighted by Crippen LogP contribution is 2.31. The Morgan fingerprint density at radius 3 is 2.22 bits per heavy atom. The predicted molar refractivity (Wildman–Crippen MR) is 130 cm³/mol. The fourth-order valence-corrected chi connectivity index (χ4v) is 3.55. The molecule has 5 rings (SSSR count). The van der Waals surface area contributed by atoms with Crippen molar-refractivity contribution in [1.29, 1.82) is 0 Å². The third-order valence-corrected chi connectivity index (χ3v) is 5.15. The maximum Gasteiger partial charge on any atom is 0.219 e. The number of nitrogens with zero attached hydrogens (tertiary/aromatic N) is 2. The highest BCUT2D eigenvalue weighted by molar-refractivity contribution is 5.72. The van der Waals surface area contributed by atoms with E-state index in [1.807, 2.05) is 84.9 Å². The van der Waals surface area contributed by atoms with Gasteiger partial charge in [-0.1, -0.05) is 72.8 Å². The molecule has 0 saturated carbocycles. The first-order chi connectivity index (χ1) is 17.0. The molecular formula is C29H22N2O. The van der Waals surface area contributed by atoms with Crippen LogP contribution in [0.5, 0.6) is 11.6 Å². The summed E-state index contributed by atoms with van der Waals surface area (Å²) in [5.41, 5.74) is 5.04. The van der Waals surface area contributed by atoms with Gasteiger partial charge in [0.25, 0.3) is 0 Å². The summed E-state index contributed by atoms with van der Waals surface area (Å²) in [7, 11) is 0. The Morgan fingerprint density at radius 1 is 0.656 bits per heavy atom. The standard InChI is InChI=1S/C29H22N2O/c1-21-15-16-25(32-29-14-8-13-27(31-29)23-11-6-3-7-12-23)20-26(21)28-19-24(17-18-30-28)22-9-4-2-5-10-22/h2-20H,1H3/i1D3. The van der Waals surface area contributed by atoms with Crippen molar-refractivity contribution in [1.82, 2.24) is 9.97 Å². The Labute approximate surface area is 192 Å². The number of rotatable bonds is 5. The summed E-state index contributed by atoms with van der Waals surface area (Å²) in [6.07, 6.45) is 1.69. The lowest BCUT2D eigenvalue weighted by molar-refractivity contribution is 0.463. The molecule has 0 radical (unpaired) electrons. The second-order valence-corrected chi connectivity index (χ2v) is 7.33. The molecule has 0 aliphatic rings. The molecular weight excluding hydrogens is 392 g/mol. The lowest BCUT2D eigenvalue weighted by atomic mass is 10.0. The van der Waals surface area contributed by atoms with E-state index in [0.717, 1.165) is 22.4 Å². The summed E-state index contributed by atoms with van der Waals surface area (Å²) < 4.78 is 30.2. The van der Waals surface area contributed by atoms with Crippen LogP contribution in [0, 0.1) is 6.85 Å². The van der Waals surface area contributed by atoms with Gasteiger partial charge in [0.2, 0.25) is 5.88 Å². The molecule has 154 valence electrons. The zero-order valence-electron chi connectivity index (χ0n) is 20.3. The fraction of sp³-hybridized carbons (Fsp3) is 0.0345. The average Bonchev–Trinajstić information content (AvgIpc) is 2.89. The molecule has 0 spiro atoms. The Kier molecular flexibility index (Phi) is 4.56. The molecule has 2 heterocycles. The van der Waals surface area contributed by atoms with Gasteiger partial charge in [0.15, 0.2) is 0 Å². The maximum atomic E-state index is 8.05. The molecule has 0 N–H and O–H groups in total. The predicted octanol–water partition coefficient (Wildman–Crippen LogP) is 7.58. The van der Waals surface area contributed by atoms with E-state index >= 15 is 0 Å². The number of hydrogen-bond acceptors (Lipinski definition) is 3. The third kappa shape index (κ3) is 4.28. The van der Waals surface area contributed by atoms with Crippen LogP contribution in [-0.2, 0) is 0 Å². The van der Waals surface area contributed by atoms with Gasteiger partial charge in [-0.3, -0.25) is 4.98 Å². The smallest absolute Gasteiger partial charge is 0.219 e. The van der Waals surface area contributed by atoms with Crippen molar-refractivity contribution in [2.24, 2.45) is 0 Å². The molecule has 0 amide bonds. The highest BCUT2D eigenvalue weighted by atomic mass is 16.5. The minimum Gasteiger partial charge on any atom is -0.439 e. The Morgan fingerprint density at radius 2 is 1.44 bits per heavy atom. The molecule has 5 aromatic rings. The Balaban J connectivity index is 1.53. The van der Waals surface area contributed by atoms with Crippen LogP contribution in [0.1, 0.15) is 9.68 Å². The van der Waals surface area contributed by atoms with Crippen molar-refractivity contribution < 1.29 is 8.85 Å². The topological polar surface area (TPSA) is 35.0 Å². The molecule has 0 atom stereocenters. The number of benzene rings is 3. The second kappa shape index (κ2) is 8.86. The SMILES string of the molecule is [2H]C([2H])([2H])c1ccc(Oc2cccc(-c3ccccc3)n2)cc1-c1cc(-c2ccccc2)ccn1. The molecule has 0 aliphatic heterocycles. The summed E-state index contributed by atoms with van der Waals surface area (Å²) >= 11 is 0. The lowest BCUT2D eigenvalue weighted by Gasteiger charge is -2.11. The fourth-order valence-electron chi connectivity index (χ4n) is 3.55. The summed E-state index contributed by atoms with van der Waals surface area (Å²) in [6.45, 7) is -2.30. The van der Waals surface area contributed by atoms with Crippen molar-refractivity contribution in [2.45, 2.75) is 6.85 Å². The molecule has 0 aliphatic carbocycles. The van der Waals surface area contributed by atoms with Gasteiger partial charge >= 0.3 is 0 Å². The largest absolute Gasteiger partial charge is 0.439 e. The van der Waals surface area contributed by atoms with Crippen LogP contribution in [0.4, 0.5) is 0 Å². The summed E-state index contributed by atoms with van der Waals surface area (Å²) in [5, 5.41) is 0. The normalized spacial score (nSPS) is 12.4. The van der Waals surface area contributed by atoms with Crippen LogP contribution in [0.3, 0.4) is 0 Å². The van der Waals surface area contributed by atoms with Crippen LogP contribution in [-0.4, -0.2) is 9.97 Å². The van der Waals surface area contributed by atoms with Crippen LogP contribution < -0.4 is 4.74 Å². The van der Waals surface area contributed by atoms with E-state index in [4.69, 9.17) is 8.85 Å². The van der Waals surface area contributed by atoms with Crippen LogP contribution in [0.2, 0.25) is 0 Å². The van der Waals surface area contributed by atoms with E-state index in [1.54, 1.807) is 30.5 Å². The molecule has 2 aromatic heterocycles. The van der Waals surface area contributed by atoms with Gasteiger partial charge in [-0.2, -0.15) is 0 Å². The van der Waals surface area contributed by atoms with Crippen LogP contribution in [0.15, 0.2) is 115 Å². The number of ether oxygens (including phenoxy) is 1. The average molecular weight is 418 g/mol. The van der Waals surface area contributed by atoms with Crippen molar-refractivity contribution in [2.75, 3.05) is 0 Å². The molecule has 3 nitrogen and oxygen atoms in total. The van der Waals surface area contributed by atoms with Gasteiger partial charge in [0.05, 0.1) is 11.4 Å². The van der Waals surface area contributed by atoms with Gasteiger partial charge in [-0.25, -0.2) is 4.98 Å². The number of hydrogen-bond donors (Lipinski definition) is 0. The van der Waals surface area contributed by atoms with Crippen LogP contribution >= 0.6 is 0 Å². The van der Waals surface area contributed by atoms with Crippen molar-refractivity contribution in [3.8, 4) is 45.3 Å². The van der Waals surface area contributed by atoms with Crippen molar-refractivity contribution >= 4 is 0 Å². The molecule has 0 unspecified atom stereocenters. The first-order valence-corrected chi connectivity index (χ1v) is 10.3. The van der Waals surface area contributed by atoms with Crippen molar-refractivity contribution in [3.63, 3.8) is 0 Å². The number of aromatic nitrogens is 2. The van der Waals surface area contributed by atoms with E-state index in [9.17, 15) is 0 Å². The Hall–Kier alpha value is -4.24. The van der Waals surface area contributed by atoms with Gasteiger partial charge < -0.3 is 4.74 Å². The molecule has 3 heteroatoms. The lowest BCUT2D eigenvalue weighted by Crippen LogP contribution is -1.93. The minimum atomic E-state index is -2.30. The summed E-state index contributed by atoms with van der Waals surface area (Å²) in [4.78, 5) is 9.11. The molecule has 32 heavy (non-hydrogen) atoms. The molecule has 0 saturated heterocycles. The summed E-state index contributed by atoms with van der Waals surface area (Å²) in [5.74, 6) is 0.905. The monoisotopic (exact) mass is 417 g/mol. The van der Waals surface area contributed by atoms with Gasteiger partial charge in [0, 0.05) is 27.5 Å². The van der Waals surface area contributed by atoms with E-state index in [-0.39, 0.29) is 5.56 Å². The third-order valence-electron chi connectivity index (χ3n) is 5.15. The first-order valence-electron chi connectivity index (χ1n) is 11.8. The van der Waals surface area contributed by atoms with E-state index in [0.29, 0.717) is 22.9 Å². The van der Waals surface area contributed by atoms with E-state index < -0.39 is 6.85 Å². The Bertz CT molecular complexity index is 1450. The highest BCUT2D eigenvalue weighted by Gasteiger charge is 2.09. The number of pyridine rings is 2. The molecule has 3 aromatic carbocycles. The van der Waals surface area contributed by atoms with Gasteiger partial charge in [0.1, 0.15) is 5.75 Å². The molecule has 0 fully saturated rings. The summed E-state index contributed by atoms with van der Waals surface area (Å²) in [6, 6.07) is 34.1. The number of aryl methyl sites for hydroxylation is 1. The first kappa shape index (κ1) is 16.5. The van der Waals surface area contributed by atoms with Gasteiger partial charge in [-0.15, -0.1) is 0 Å². The zero-order chi connectivity index (χ0) is 24.3. The second-order valence-electron chi connectivity index (χ2n) is 7.33. The minimum absolute atomic E-state index is 0.216. The van der Waals surface area contributed by atoms with Crippen LogP contribution in [0.25, 0.3) is 33.6 Å². The molecule has 0 bridgehead atoms. The van der Waals surface area contributed by atoms with E-state index in [2.05, 4.69) is 9.97 Å².